The fraction of sp³-hybridized carbons (Fsp3) is 0.435. The molecule has 1 amide bonds. The van der Waals surface area contributed by atoms with Crippen LogP contribution in [0.2, 0.25) is 5.02 Å². The Labute approximate surface area is 211 Å². The van der Waals surface area contributed by atoms with E-state index in [1.54, 1.807) is 5.01 Å². The number of carboxylic acids is 1. The van der Waals surface area contributed by atoms with E-state index in [2.05, 4.69) is 34.3 Å². The van der Waals surface area contributed by atoms with Crippen LogP contribution in [0.1, 0.15) is 54.4 Å². The van der Waals surface area contributed by atoms with E-state index in [0.717, 1.165) is 44.3 Å². The number of anilines is 1. The number of hydrazine groups is 1. The summed E-state index contributed by atoms with van der Waals surface area (Å²) in [5.41, 5.74) is 4.66. The number of carboxylic acid groups (broad SMARTS) is 1. The summed E-state index contributed by atoms with van der Waals surface area (Å²) >= 11 is 6.31. The minimum absolute atomic E-state index is 0.0195. The molecule has 0 saturated heterocycles. The highest BCUT2D eigenvalue weighted by Gasteiger charge is 2.38. The highest BCUT2D eigenvalue weighted by atomic mass is 35.5. The van der Waals surface area contributed by atoms with Crippen molar-refractivity contribution in [1.29, 1.82) is 5.26 Å². The third kappa shape index (κ3) is 8.35. The van der Waals surface area contributed by atoms with Gasteiger partial charge in [-0.15, -0.1) is 0 Å². The summed E-state index contributed by atoms with van der Waals surface area (Å²) in [5, 5.41) is 18.3. The molecular weight excluding hydrogens is 501 g/mol. The number of carbonyl (C=O) groups is 2. The van der Waals surface area contributed by atoms with Gasteiger partial charge in [0.15, 0.2) is 5.82 Å². The van der Waals surface area contributed by atoms with Crippen LogP contribution in [0.25, 0.3) is 0 Å². The second-order valence-electron chi connectivity index (χ2n) is 8.06. The van der Waals surface area contributed by atoms with Gasteiger partial charge in [-0.3, -0.25) is 15.2 Å². The maximum absolute atomic E-state index is 12.9. The van der Waals surface area contributed by atoms with Gasteiger partial charge in [0.1, 0.15) is 11.1 Å². The zero-order valence-corrected chi connectivity index (χ0v) is 20.5. The monoisotopic (exact) mass is 526 g/mol. The van der Waals surface area contributed by atoms with Crippen LogP contribution in [0.3, 0.4) is 0 Å². The number of nitrogens with zero attached hydrogens (tertiary/aromatic N) is 5. The molecule has 13 heteroatoms. The number of aliphatic carboxylic acids is 1. The Kier molecular flexibility index (Phi) is 10.4. The molecular formula is C23H26ClF3N6O3. The van der Waals surface area contributed by atoms with Gasteiger partial charge in [0.25, 0.3) is 5.91 Å². The zero-order chi connectivity index (χ0) is 26.9. The highest BCUT2D eigenvalue weighted by Crippen LogP contribution is 2.30. The van der Waals surface area contributed by atoms with Crippen LogP contribution in [0.4, 0.5) is 19.0 Å². The molecule has 2 aromatic rings. The van der Waals surface area contributed by atoms with E-state index in [9.17, 15) is 18.0 Å². The summed E-state index contributed by atoms with van der Waals surface area (Å²) in [6.07, 6.45) is 0.306. The third-order valence-corrected chi connectivity index (χ3v) is 5.68. The largest absolute Gasteiger partial charge is 0.490 e. The molecule has 1 aromatic heterocycles. The lowest BCUT2D eigenvalue weighted by atomic mass is 10.1. The fourth-order valence-electron chi connectivity index (χ4n) is 3.42. The molecule has 36 heavy (non-hydrogen) atoms. The summed E-state index contributed by atoms with van der Waals surface area (Å²) in [6.45, 7) is 3.90. The van der Waals surface area contributed by atoms with Gasteiger partial charge in [-0.2, -0.15) is 23.4 Å². The number of rotatable bonds is 7. The second kappa shape index (κ2) is 13.0. The Morgan fingerprint density at radius 1 is 1.25 bits per heavy atom. The molecule has 1 fully saturated rings. The fourth-order valence-corrected chi connectivity index (χ4v) is 3.60. The van der Waals surface area contributed by atoms with Crippen molar-refractivity contribution in [3.8, 4) is 6.07 Å². The number of halogens is 4. The first-order valence-electron chi connectivity index (χ1n) is 11.1. The average molecular weight is 527 g/mol. The quantitative estimate of drug-likeness (QED) is 0.515. The maximum atomic E-state index is 12.9. The van der Waals surface area contributed by atoms with E-state index in [1.165, 1.54) is 6.20 Å². The van der Waals surface area contributed by atoms with Gasteiger partial charge in [0, 0.05) is 12.1 Å². The normalized spacial score (nSPS) is 13.5. The molecule has 0 spiro atoms. The van der Waals surface area contributed by atoms with Crippen molar-refractivity contribution in [2.45, 2.75) is 51.4 Å². The van der Waals surface area contributed by atoms with Crippen molar-refractivity contribution >= 4 is 29.3 Å². The summed E-state index contributed by atoms with van der Waals surface area (Å²) in [7, 11) is 2.06. The van der Waals surface area contributed by atoms with Crippen molar-refractivity contribution < 1.29 is 27.9 Å². The van der Waals surface area contributed by atoms with Crippen LogP contribution in [0, 0.1) is 11.3 Å². The number of hydrogen-bond donors (Lipinski definition) is 2. The van der Waals surface area contributed by atoms with Crippen molar-refractivity contribution in [3.05, 3.63) is 52.4 Å². The molecule has 1 aromatic carbocycles. The number of amides is 1. The van der Waals surface area contributed by atoms with Crippen LogP contribution in [-0.2, 0) is 11.3 Å². The smallest absolute Gasteiger partial charge is 0.475 e. The Morgan fingerprint density at radius 2 is 1.83 bits per heavy atom. The van der Waals surface area contributed by atoms with Gasteiger partial charge >= 0.3 is 12.1 Å². The van der Waals surface area contributed by atoms with Crippen LogP contribution in [0.15, 0.2) is 30.5 Å². The molecule has 0 atom stereocenters. The van der Waals surface area contributed by atoms with Crippen LogP contribution < -0.4 is 10.4 Å². The predicted molar refractivity (Wildman–Crippen MR) is 126 cm³/mol. The SMILES string of the molecule is CCN(C)Cc1ccc(C(=O)NN(c2nc(C#N)ncc2Cl)C2CCCC2)cc1.O=C(O)C(F)(F)F. The Bertz CT molecular complexity index is 1090. The molecule has 0 unspecified atom stereocenters. The Morgan fingerprint density at radius 3 is 2.33 bits per heavy atom. The zero-order valence-electron chi connectivity index (χ0n) is 19.7. The number of benzene rings is 1. The van der Waals surface area contributed by atoms with Gasteiger partial charge in [0.2, 0.25) is 5.82 Å². The first-order chi connectivity index (χ1) is 17.0. The number of hydrogen-bond acceptors (Lipinski definition) is 7. The van der Waals surface area contributed by atoms with Crippen molar-refractivity contribution in [2.75, 3.05) is 18.6 Å². The lowest BCUT2D eigenvalue weighted by molar-refractivity contribution is -0.192. The van der Waals surface area contributed by atoms with E-state index in [1.807, 2.05) is 30.3 Å². The standard InChI is InChI=1S/C21H25ClN6O.C2HF3O2/c1-3-27(2)14-15-8-10-16(11-9-15)21(29)26-28(17-6-4-5-7-17)20-18(22)13-24-19(12-23)25-20;3-2(4,5)1(6)7/h8-11,13,17H,3-7,14H2,1-2H3,(H,26,29);(H,6,7). The van der Waals surface area contributed by atoms with Crippen LogP contribution in [-0.4, -0.2) is 57.7 Å². The maximum Gasteiger partial charge on any atom is 0.490 e. The lowest BCUT2D eigenvalue weighted by Gasteiger charge is -2.30. The molecule has 0 radical (unpaired) electrons. The minimum Gasteiger partial charge on any atom is -0.475 e. The third-order valence-electron chi connectivity index (χ3n) is 5.42. The molecule has 1 aliphatic carbocycles. The number of nitrogens with one attached hydrogen (secondary N) is 1. The van der Waals surface area contributed by atoms with Gasteiger partial charge in [-0.25, -0.2) is 9.78 Å². The second-order valence-corrected chi connectivity index (χ2v) is 8.46. The summed E-state index contributed by atoms with van der Waals surface area (Å²) in [5.74, 6) is -2.61. The minimum atomic E-state index is -5.08. The van der Waals surface area contributed by atoms with Crippen molar-refractivity contribution in [1.82, 2.24) is 20.3 Å². The summed E-state index contributed by atoms with van der Waals surface area (Å²) in [6, 6.07) is 9.58. The van der Waals surface area contributed by atoms with Crippen LogP contribution >= 0.6 is 11.6 Å². The van der Waals surface area contributed by atoms with Gasteiger partial charge in [-0.1, -0.05) is 43.5 Å². The van der Waals surface area contributed by atoms with E-state index in [-0.39, 0.29) is 17.8 Å². The lowest BCUT2D eigenvalue weighted by Crippen LogP contribution is -2.48. The first-order valence-corrected chi connectivity index (χ1v) is 11.4. The summed E-state index contributed by atoms with van der Waals surface area (Å²) < 4.78 is 31.7. The molecule has 2 N–H and O–H groups in total. The molecule has 9 nitrogen and oxygen atoms in total. The molecule has 1 aliphatic rings. The highest BCUT2D eigenvalue weighted by molar-refractivity contribution is 6.32. The molecule has 1 saturated carbocycles. The molecule has 1 heterocycles. The average Bonchev–Trinajstić information content (AvgIpc) is 3.38. The van der Waals surface area contributed by atoms with E-state index in [4.69, 9.17) is 26.8 Å². The van der Waals surface area contributed by atoms with E-state index < -0.39 is 12.1 Å². The number of carbonyl (C=O) groups excluding carboxylic acids is 1. The summed E-state index contributed by atoms with van der Waals surface area (Å²) in [4.78, 5) is 32.2. The first kappa shape index (κ1) is 28.8. The number of aromatic nitrogens is 2. The Hall–Kier alpha value is -3.43. The number of alkyl halides is 3. The van der Waals surface area contributed by atoms with E-state index >= 15 is 0 Å². The number of nitriles is 1. The molecule has 3 rings (SSSR count). The van der Waals surface area contributed by atoms with Crippen molar-refractivity contribution in [2.24, 2.45) is 0 Å². The topological polar surface area (TPSA) is 122 Å². The van der Waals surface area contributed by atoms with E-state index in [0.29, 0.717) is 16.4 Å². The van der Waals surface area contributed by atoms with Crippen LogP contribution in [0.5, 0.6) is 0 Å². The van der Waals surface area contributed by atoms with Gasteiger partial charge < -0.3 is 10.0 Å². The molecule has 0 aliphatic heterocycles. The van der Waals surface area contributed by atoms with Gasteiger partial charge in [-0.05, 0) is 44.1 Å². The van der Waals surface area contributed by atoms with Crippen molar-refractivity contribution in [3.63, 3.8) is 0 Å². The van der Waals surface area contributed by atoms with Gasteiger partial charge in [0.05, 0.1) is 12.2 Å². The molecule has 194 valence electrons. The predicted octanol–water partition coefficient (Wildman–Crippen LogP) is 4.18. The molecule has 0 bridgehead atoms. The Balaban J connectivity index is 0.000000572.